The van der Waals surface area contributed by atoms with Crippen LogP contribution in [-0.4, -0.2) is 36.0 Å². The molecule has 2 N–H and O–H groups in total. The molecule has 0 aliphatic carbocycles. The summed E-state index contributed by atoms with van der Waals surface area (Å²) in [6, 6.07) is 2.82. The summed E-state index contributed by atoms with van der Waals surface area (Å²) in [7, 11) is 0. The van der Waals surface area contributed by atoms with Crippen LogP contribution in [0.25, 0.3) is 0 Å². The minimum absolute atomic E-state index is 0.108. The fraction of sp³-hybridized carbons (Fsp3) is 0.364. The number of benzene rings is 1. The van der Waals surface area contributed by atoms with Crippen LogP contribution < -0.4 is 9.47 Å². The Hall–Kier alpha value is -1.27. The van der Waals surface area contributed by atoms with Crippen molar-refractivity contribution in [1.82, 2.24) is 0 Å². The highest BCUT2D eigenvalue weighted by molar-refractivity contribution is 9.10. The number of hydrogen-bond acceptors (Lipinski definition) is 4. The van der Waals surface area contributed by atoms with Crippen molar-refractivity contribution in [2.24, 2.45) is 0 Å². The molecule has 1 rings (SSSR count). The number of ether oxygens (including phenoxy) is 2. The molecule has 0 amide bonds. The van der Waals surface area contributed by atoms with Gasteiger partial charge < -0.3 is 19.7 Å². The van der Waals surface area contributed by atoms with Crippen LogP contribution in [0.5, 0.6) is 11.5 Å². The predicted octanol–water partition coefficient (Wildman–Crippen LogP) is 1.92. The Morgan fingerprint density at radius 1 is 1.41 bits per heavy atom. The first-order valence-electron chi connectivity index (χ1n) is 5.03. The second kappa shape index (κ2) is 6.46. The first-order chi connectivity index (χ1) is 8.10. The number of aliphatic hydroxyl groups excluding tert-OH is 1. The van der Waals surface area contributed by atoms with Gasteiger partial charge in [0.25, 0.3) is 0 Å². The van der Waals surface area contributed by atoms with E-state index in [9.17, 15) is 4.79 Å². The highest BCUT2D eigenvalue weighted by atomic mass is 79.9. The molecule has 0 bridgehead atoms. The van der Waals surface area contributed by atoms with Crippen LogP contribution in [0.4, 0.5) is 0 Å². The van der Waals surface area contributed by atoms with Crippen molar-refractivity contribution in [3.8, 4) is 11.5 Å². The first-order valence-corrected chi connectivity index (χ1v) is 5.82. The van der Waals surface area contributed by atoms with Gasteiger partial charge in [-0.15, -0.1) is 0 Å². The van der Waals surface area contributed by atoms with Crippen LogP contribution in [0.3, 0.4) is 0 Å². The molecule has 0 aliphatic rings. The van der Waals surface area contributed by atoms with Gasteiger partial charge in [-0.1, -0.05) is 0 Å². The van der Waals surface area contributed by atoms with Crippen molar-refractivity contribution in [3.63, 3.8) is 0 Å². The Morgan fingerprint density at radius 2 is 2.12 bits per heavy atom. The third-order valence-electron chi connectivity index (χ3n) is 1.89. The molecule has 1 aromatic rings. The molecule has 0 aliphatic heterocycles. The average Bonchev–Trinajstić information content (AvgIpc) is 2.28. The summed E-state index contributed by atoms with van der Waals surface area (Å²) in [6.45, 7) is 2.17. The van der Waals surface area contributed by atoms with Gasteiger partial charge in [0, 0.05) is 0 Å². The van der Waals surface area contributed by atoms with Crippen molar-refractivity contribution in [2.45, 2.75) is 6.92 Å². The summed E-state index contributed by atoms with van der Waals surface area (Å²) >= 11 is 3.22. The number of aliphatic hydroxyl groups is 1. The molecular formula is C11H13BrO5. The van der Waals surface area contributed by atoms with Crippen LogP contribution >= 0.6 is 15.9 Å². The van der Waals surface area contributed by atoms with Crippen molar-refractivity contribution in [2.75, 3.05) is 19.8 Å². The van der Waals surface area contributed by atoms with E-state index >= 15 is 0 Å². The van der Waals surface area contributed by atoms with E-state index in [0.29, 0.717) is 22.6 Å². The van der Waals surface area contributed by atoms with Crippen LogP contribution in [0.1, 0.15) is 17.3 Å². The summed E-state index contributed by atoms with van der Waals surface area (Å²) in [5.41, 5.74) is 0.108. The smallest absolute Gasteiger partial charge is 0.335 e. The quantitative estimate of drug-likeness (QED) is 0.839. The van der Waals surface area contributed by atoms with E-state index in [-0.39, 0.29) is 18.8 Å². The van der Waals surface area contributed by atoms with Gasteiger partial charge in [0.2, 0.25) is 0 Å². The Labute approximate surface area is 107 Å². The monoisotopic (exact) mass is 304 g/mol. The summed E-state index contributed by atoms with van der Waals surface area (Å²) < 4.78 is 11.1. The molecule has 0 radical (unpaired) electrons. The average molecular weight is 305 g/mol. The summed E-state index contributed by atoms with van der Waals surface area (Å²) in [6.07, 6.45) is 0. The second-order valence-corrected chi connectivity index (χ2v) is 3.95. The van der Waals surface area contributed by atoms with E-state index in [4.69, 9.17) is 19.7 Å². The number of carboxylic acids is 1. The number of halogens is 1. The van der Waals surface area contributed by atoms with E-state index in [1.807, 2.05) is 0 Å². The zero-order valence-corrected chi connectivity index (χ0v) is 10.9. The number of carboxylic acid groups (broad SMARTS) is 1. The largest absolute Gasteiger partial charge is 0.490 e. The molecular weight excluding hydrogens is 292 g/mol. The Bertz CT molecular complexity index is 405. The third kappa shape index (κ3) is 3.61. The molecule has 0 heterocycles. The van der Waals surface area contributed by atoms with Gasteiger partial charge in [0.05, 0.1) is 23.2 Å². The fourth-order valence-corrected chi connectivity index (χ4v) is 1.80. The Kier molecular flexibility index (Phi) is 5.24. The number of carbonyl (C=O) groups is 1. The lowest BCUT2D eigenvalue weighted by Gasteiger charge is -2.13. The number of aromatic carboxylic acids is 1. The number of rotatable bonds is 6. The summed E-state index contributed by atoms with van der Waals surface area (Å²) in [5.74, 6) is -0.306. The molecule has 0 unspecified atom stereocenters. The molecule has 0 atom stereocenters. The van der Waals surface area contributed by atoms with Gasteiger partial charge in [0.15, 0.2) is 11.5 Å². The molecule has 0 aromatic heterocycles. The van der Waals surface area contributed by atoms with Crippen LogP contribution in [0, 0.1) is 0 Å². The highest BCUT2D eigenvalue weighted by Crippen LogP contribution is 2.36. The molecule has 0 spiro atoms. The molecule has 0 saturated carbocycles. The van der Waals surface area contributed by atoms with Gasteiger partial charge in [-0.3, -0.25) is 0 Å². The maximum Gasteiger partial charge on any atom is 0.335 e. The van der Waals surface area contributed by atoms with Crippen molar-refractivity contribution in [3.05, 3.63) is 22.2 Å². The standard InChI is InChI=1S/C11H13BrO5/c1-2-16-9-6-7(11(14)15)5-8(12)10(9)17-4-3-13/h5-6,13H,2-4H2,1H3,(H,14,15). The van der Waals surface area contributed by atoms with E-state index in [0.717, 1.165) is 0 Å². The lowest BCUT2D eigenvalue weighted by molar-refractivity contribution is 0.0696. The van der Waals surface area contributed by atoms with Gasteiger partial charge in [0.1, 0.15) is 6.61 Å². The first kappa shape index (κ1) is 13.8. The molecule has 0 saturated heterocycles. The van der Waals surface area contributed by atoms with Crippen molar-refractivity contribution < 1.29 is 24.5 Å². The van der Waals surface area contributed by atoms with Gasteiger partial charge in [-0.25, -0.2) is 4.79 Å². The minimum atomic E-state index is -1.04. The van der Waals surface area contributed by atoms with Gasteiger partial charge in [-0.05, 0) is 35.0 Å². The van der Waals surface area contributed by atoms with Crippen LogP contribution in [-0.2, 0) is 0 Å². The van der Waals surface area contributed by atoms with Crippen LogP contribution in [0.2, 0.25) is 0 Å². The van der Waals surface area contributed by atoms with Crippen molar-refractivity contribution in [1.29, 1.82) is 0 Å². The SMILES string of the molecule is CCOc1cc(C(=O)O)cc(Br)c1OCCO. The summed E-state index contributed by atoms with van der Waals surface area (Å²) in [5, 5.41) is 17.6. The highest BCUT2D eigenvalue weighted by Gasteiger charge is 2.15. The number of hydrogen-bond donors (Lipinski definition) is 2. The Morgan fingerprint density at radius 3 is 2.65 bits per heavy atom. The molecule has 17 heavy (non-hydrogen) atoms. The lowest BCUT2D eigenvalue weighted by Crippen LogP contribution is -2.06. The maximum atomic E-state index is 10.9. The van der Waals surface area contributed by atoms with E-state index in [2.05, 4.69) is 15.9 Å². The molecule has 1 aromatic carbocycles. The molecule has 94 valence electrons. The van der Waals surface area contributed by atoms with E-state index in [1.54, 1.807) is 6.92 Å². The topological polar surface area (TPSA) is 76.0 Å². The Balaban J connectivity index is 3.12. The summed E-state index contributed by atoms with van der Waals surface area (Å²) in [4.78, 5) is 10.9. The van der Waals surface area contributed by atoms with E-state index in [1.165, 1.54) is 12.1 Å². The maximum absolute atomic E-state index is 10.9. The van der Waals surface area contributed by atoms with E-state index < -0.39 is 5.97 Å². The molecule has 6 heteroatoms. The van der Waals surface area contributed by atoms with Crippen LogP contribution in [0.15, 0.2) is 16.6 Å². The van der Waals surface area contributed by atoms with Gasteiger partial charge in [-0.2, -0.15) is 0 Å². The second-order valence-electron chi connectivity index (χ2n) is 3.10. The minimum Gasteiger partial charge on any atom is -0.490 e. The zero-order chi connectivity index (χ0) is 12.8. The predicted molar refractivity (Wildman–Crippen MR) is 64.9 cm³/mol. The normalized spacial score (nSPS) is 10.1. The fourth-order valence-electron chi connectivity index (χ4n) is 1.24. The van der Waals surface area contributed by atoms with Gasteiger partial charge >= 0.3 is 5.97 Å². The third-order valence-corrected chi connectivity index (χ3v) is 2.48. The lowest BCUT2D eigenvalue weighted by atomic mass is 10.2. The molecule has 5 nitrogen and oxygen atoms in total. The van der Waals surface area contributed by atoms with Crippen molar-refractivity contribution >= 4 is 21.9 Å². The molecule has 0 fully saturated rings. The zero-order valence-electron chi connectivity index (χ0n) is 9.27.